The van der Waals surface area contributed by atoms with Crippen LogP contribution in [-0.2, 0) is 20.2 Å². The van der Waals surface area contributed by atoms with Crippen molar-refractivity contribution in [1.29, 1.82) is 0 Å². The number of piperidine rings is 1. The Bertz CT molecular complexity index is 1390. The average molecular weight is 618 g/mol. The second kappa shape index (κ2) is 12.8. The fourth-order valence-corrected chi connectivity index (χ4v) is 5.20. The van der Waals surface area contributed by atoms with Crippen LogP contribution in [0.5, 0.6) is 5.75 Å². The second-order valence-corrected chi connectivity index (χ2v) is 12.0. The number of hydrogen-bond acceptors (Lipinski definition) is 9. The van der Waals surface area contributed by atoms with Crippen LogP contribution in [-0.4, -0.2) is 58.3 Å². The van der Waals surface area contributed by atoms with Crippen LogP contribution in [0.15, 0.2) is 61.1 Å². The number of ether oxygens (including phenoxy) is 2. The van der Waals surface area contributed by atoms with Gasteiger partial charge in [-0.05, 0) is 58.7 Å². The van der Waals surface area contributed by atoms with Crippen molar-refractivity contribution in [1.82, 2.24) is 20.2 Å². The summed E-state index contributed by atoms with van der Waals surface area (Å²) >= 11 is 13.3. The van der Waals surface area contributed by atoms with Gasteiger partial charge in [-0.25, -0.2) is 14.6 Å². The molecular weight excluding hydrogens is 583 g/mol. The largest absolute Gasteiger partial charge is 0.497 e. The van der Waals surface area contributed by atoms with E-state index >= 15 is 0 Å². The lowest BCUT2D eigenvalue weighted by molar-refractivity contribution is -0.352. The molecule has 1 aliphatic rings. The number of nitrogens with zero attached hydrogens (tertiary/aromatic N) is 3. The molecule has 1 aromatic heterocycles. The Balaban J connectivity index is 1.75. The number of likely N-dealkylation sites (tertiary alicyclic amines) is 1. The number of aromatic nitrogens is 2. The van der Waals surface area contributed by atoms with Gasteiger partial charge in [0.2, 0.25) is 5.72 Å². The summed E-state index contributed by atoms with van der Waals surface area (Å²) in [5.41, 5.74) is -1.72. The molecule has 3 aromatic rings. The van der Waals surface area contributed by atoms with Crippen LogP contribution in [0.4, 0.5) is 4.79 Å². The molecule has 0 spiro atoms. The first-order valence-corrected chi connectivity index (χ1v) is 14.1. The van der Waals surface area contributed by atoms with Crippen molar-refractivity contribution in [3.63, 3.8) is 0 Å². The smallest absolute Gasteiger partial charge is 0.408 e. The molecule has 0 aliphatic carbocycles. The van der Waals surface area contributed by atoms with Gasteiger partial charge in [-0.3, -0.25) is 14.8 Å². The van der Waals surface area contributed by atoms with Crippen molar-refractivity contribution in [2.75, 3.05) is 20.2 Å². The number of methoxy groups -OCH3 is 1. The molecule has 1 aliphatic heterocycles. The summed E-state index contributed by atoms with van der Waals surface area (Å²) in [6.07, 6.45) is 4.65. The molecule has 1 amide bonds. The normalized spacial score (nSPS) is 16.6. The standard InChI is InChI=1S/C30H34Cl2N4O6/c1-28(2,3)40-27(38)35-29(4)13-17-36(18-14-29)30(20-9-11-21(39-5)12-10-20,22-7-6-8-23(31)25(22)32)42-41-26(37)24-19-33-15-16-34-24/h6-12,15-16,19H,13-14,17-18H2,1-5H3,(H,35,38). The summed E-state index contributed by atoms with van der Waals surface area (Å²) in [5.74, 6) is -0.221. The Kier molecular flexibility index (Phi) is 9.62. The molecule has 42 heavy (non-hydrogen) atoms. The van der Waals surface area contributed by atoms with Gasteiger partial charge in [0, 0.05) is 42.1 Å². The lowest BCUT2D eigenvalue weighted by Gasteiger charge is -2.48. The first kappa shape index (κ1) is 31.5. The van der Waals surface area contributed by atoms with Crippen molar-refractivity contribution in [2.24, 2.45) is 0 Å². The zero-order chi connectivity index (χ0) is 30.5. The summed E-state index contributed by atoms with van der Waals surface area (Å²) in [5, 5.41) is 3.54. The van der Waals surface area contributed by atoms with E-state index in [2.05, 4.69) is 15.3 Å². The molecule has 1 fully saturated rings. The predicted octanol–water partition coefficient (Wildman–Crippen LogP) is 6.16. The topological polar surface area (TPSA) is 112 Å². The highest BCUT2D eigenvalue weighted by Crippen LogP contribution is 2.45. The fourth-order valence-electron chi connectivity index (χ4n) is 4.77. The van der Waals surface area contributed by atoms with E-state index in [4.69, 9.17) is 42.5 Å². The summed E-state index contributed by atoms with van der Waals surface area (Å²) in [7, 11) is 1.57. The number of nitrogens with one attached hydrogen (secondary N) is 1. The van der Waals surface area contributed by atoms with Crippen LogP contribution in [0.3, 0.4) is 0 Å². The van der Waals surface area contributed by atoms with Crippen LogP contribution >= 0.6 is 23.2 Å². The van der Waals surface area contributed by atoms with Gasteiger partial charge in [0.15, 0.2) is 5.69 Å². The van der Waals surface area contributed by atoms with E-state index < -0.39 is 28.9 Å². The number of carbonyl (C=O) groups excluding carboxylic acids is 2. The molecule has 0 radical (unpaired) electrons. The number of amides is 1. The molecule has 2 heterocycles. The van der Waals surface area contributed by atoms with Gasteiger partial charge < -0.3 is 14.8 Å². The third kappa shape index (κ3) is 7.12. The predicted molar refractivity (Wildman–Crippen MR) is 157 cm³/mol. The van der Waals surface area contributed by atoms with E-state index in [9.17, 15) is 9.59 Å². The summed E-state index contributed by atoms with van der Waals surface area (Å²) in [6.45, 7) is 8.22. The summed E-state index contributed by atoms with van der Waals surface area (Å²) < 4.78 is 10.9. The summed E-state index contributed by atoms with van der Waals surface area (Å²) in [6, 6.07) is 12.3. The lowest BCUT2D eigenvalue weighted by Crippen LogP contribution is -2.59. The Morgan fingerprint density at radius 1 is 1.02 bits per heavy atom. The van der Waals surface area contributed by atoms with Crippen LogP contribution in [0.25, 0.3) is 0 Å². The number of benzene rings is 2. The van der Waals surface area contributed by atoms with E-state index in [1.54, 1.807) is 49.6 Å². The molecule has 1 saturated heterocycles. The number of hydrogen-bond donors (Lipinski definition) is 1. The molecule has 1 unspecified atom stereocenters. The van der Waals surface area contributed by atoms with Crippen LogP contribution in [0.1, 0.15) is 62.2 Å². The molecule has 10 nitrogen and oxygen atoms in total. The monoisotopic (exact) mass is 616 g/mol. The van der Waals surface area contributed by atoms with Gasteiger partial charge in [-0.1, -0.05) is 47.5 Å². The van der Waals surface area contributed by atoms with Gasteiger partial charge in [0.1, 0.15) is 11.4 Å². The minimum atomic E-state index is -1.54. The minimum Gasteiger partial charge on any atom is -0.497 e. The van der Waals surface area contributed by atoms with E-state index in [-0.39, 0.29) is 10.7 Å². The molecule has 2 aromatic carbocycles. The molecule has 1 N–H and O–H groups in total. The highest BCUT2D eigenvalue weighted by molar-refractivity contribution is 6.42. The first-order valence-electron chi connectivity index (χ1n) is 13.4. The highest BCUT2D eigenvalue weighted by Gasteiger charge is 2.49. The number of halogens is 2. The van der Waals surface area contributed by atoms with Gasteiger partial charge in [0.05, 0.1) is 23.4 Å². The average Bonchev–Trinajstić information content (AvgIpc) is 2.95. The Morgan fingerprint density at radius 3 is 2.31 bits per heavy atom. The second-order valence-electron chi connectivity index (χ2n) is 11.2. The van der Waals surface area contributed by atoms with Crippen LogP contribution in [0.2, 0.25) is 10.0 Å². The number of rotatable bonds is 8. The number of carbonyl (C=O) groups is 2. The highest BCUT2D eigenvalue weighted by atomic mass is 35.5. The molecule has 0 bridgehead atoms. The molecule has 12 heteroatoms. The maximum atomic E-state index is 13.0. The molecule has 224 valence electrons. The van der Waals surface area contributed by atoms with Crippen molar-refractivity contribution in [3.8, 4) is 5.75 Å². The zero-order valence-corrected chi connectivity index (χ0v) is 25.7. The van der Waals surface area contributed by atoms with Crippen molar-refractivity contribution >= 4 is 35.3 Å². The van der Waals surface area contributed by atoms with Gasteiger partial charge >= 0.3 is 12.1 Å². The molecule has 1 atom stereocenters. The van der Waals surface area contributed by atoms with Gasteiger partial charge in [0.25, 0.3) is 0 Å². The quantitative estimate of drug-likeness (QED) is 0.235. The Hall–Kier alpha value is -3.44. The Labute approximate surface area is 255 Å². The van der Waals surface area contributed by atoms with Gasteiger partial charge in [-0.15, -0.1) is 0 Å². The molecule has 0 saturated carbocycles. The summed E-state index contributed by atoms with van der Waals surface area (Å²) in [4.78, 5) is 47.3. The van der Waals surface area contributed by atoms with Crippen molar-refractivity contribution in [2.45, 2.75) is 57.4 Å². The Morgan fingerprint density at radius 2 is 1.71 bits per heavy atom. The maximum Gasteiger partial charge on any atom is 0.408 e. The van der Waals surface area contributed by atoms with E-state index in [1.165, 1.54) is 18.6 Å². The molecular formula is C30H34Cl2N4O6. The van der Waals surface area contributed by atoms with Crippen LogP contribution in [0, 0.1) is 0 Å². The minimum absolute atomic E-state index is 0.0360. The van der Waals surface area contributed by atoms with Crippen molar-refractivity contribution in [3.05, 3.63) is 87.9 Å². The van der Waals surface area contributed by atoms with Crippen LogP contribution < -0.4 is 10.1 Å². The van der Waals surface area contributed by atoms with E-state index in [0.717, 1.165) is 0 Å². The van der Waals surface area contributed by atoms with Gasteiger partial charge in [-0.2, -0.15) is 4.89 Å². The third-order valence-corrected chi connectivity index (χ3v) is 7.74. The van der Waals surface area contributed by atoms with E-state index in [1.807, 2.05) is 32.6 Å². The van der Waals surface area contributed by atoms with E-state index in [0.29, 0.717) is 47.8 Å². The fraction of sp³-hybridized carbons (Fsp3) is 0.400. The zero-order valence-electron chi connectivity index (χ0n) is 24.1. The molecule has 4 rings (SSSR count). The first-order chi connectivity index (χ1) is 19.9. The number of alkyl carbamates (subject to hydrolysis) is 1. The maximum absolute atomic E-state index is 13.0. The third-order valence-electron chi connectivity index (χ3n) is 6.92. The lowest BCUT2D eigenvalue weighted by atomic mass is 9.85. The SMILES string of the molecule is COc1ccc(C(OOC(=O)c2cnccn2)(c2cccc(Cl)c2Cl)N2CCC(C)(NC(=O)OC(C)(C)C)CC2)cc1. The van der Waals surface area contributed by atoms with Crippen molar-refractivity contribution < 1.29 is 28.8 Å².